The van der Waals surface area contributed by atoms with E-state index >= 15 is 0 Å². The average molecular weight is 563 g/mol. The second-order valence-electron chi connectivity index (χ2n) is 9.30. The molecule has 1 heterocycles. The van der Waals surface area contributed by atoms with Gasteiger partial charge in [-0.2, -0.15) is 0 Å². The topological polar surface area (TPSA) is 119 Å². The van der Waals surface area contributed by atoms with Gasteiger partial charge in [0.05, 0.1) is 22.5 Å². The van der Waals surface area contributed by atoms with Gasteiger partial charge < -0.3 is 25.5 Å². The number of carbonyl (C=O) groups excluding carboxylic acids is 3. The zero-order chi connectivity index (χ0) is 27.7. The molecular formula is C27H32Cl2N4O5. The lowest BCUT2D eigenvalue weighted by atomic mass is 10.0. The third-order valence-corrected chi connectivity index (χ3v) is 7.14. The van der Waals surface area contributed by atoms with Gasteiger partial charge in [0.25, 0.3) is 0 Å². The summed E-state index contributed by atoms with van der Waals surface area (Å²) in [4.78, 5) is 52.0. The van der Waals surface area contributed by atoms with Crippen LogP contribution in [0, 0.1) is 0 Å². The summed E-state index contributed by atoms with van der Waals surface area (Å²) in [7, 11) is 1.78. The molecule has 1 aliphatic heterocycles. The summed E-state index contributed by atoms with van der Waals surface area (Å²) in [5.41, 5.74) is 2.19. The highest BCUT2D eigenvalue weighted by atomic mass is 35.5. The van der Waals surface area contributed by atoms with Crippen molar-refractivity contribution < 1.29 is 24.3 Å². The number of nitrogens with zero attached hydrogens (tertiary/aromatic N) is 2. The summed E-state index contributed by atoms with van der Waals surface area (Å²) >= 11 is 12.1. The van der Waals surface area contributed by atoms with Crippen molar-refractivity contribution in [3.05, 3.63) is 63.6 Å². The summed E-state index contributed by atoms with van der Waals surface area (Å²) < 4.78 is 0. The Morgan fingerprint density at radius 3 is 2.39 bits per heavy atom. The van der Waals surface area contributed by atoms with E-state index in [1.54, 1.807) is 36.2 Å². The molecule has 0 unspecified atom stereocenters. The van der Waals surface area contributed by atoms with Gasteiger partial charge in [0, 0.05) is 32.1 Å². The Bertz CT molecular complexity index is 1170. The zero-order valence-electron chi connectivity index (χ0n) is 21.2. The molecule has 1 fully saturated rings. The molecule has 0 spiro atoms. The number of amides is 3. The maximum Gasteiger partial charge on any atom is 0.322 e. The molecule has 204 valence electrons. The van der Waals surface area contributed by atoms with Gasteiger partial charge in [0.15, 0.2) is 0 Å². The second kappa shape index (κ2) is 14.1. The van der Waals surface area contributed by atoms with Crippen molar-refractivity contribution in [3.63, 3.8) is 0 Å². The number of anilines is 1. The van der Waals surface area contributed by atoms with E-state index in [4.69, 9.17) is 28.3 Å². The van der Waals surface area contributed by atoms with Crippen LogP contribution < -0.4 is 10.6 Å². The number of halogens is 2. The van der Waals surface area contributed by atoms with Gasteiger partial charge in [-0.15, -0.1) is 0 Å². The lowest BCUT2D eigenvalue weighted by Crippen LogP contribution is -2.39. The van der Waals surface area contributed by atoms with Crippen LogP contribution in [-0.2, 0) is 25.6 Å². The Hall–Kier alpha value is -3.14. The fourth-order valence-corrected chi connectivity index (χ4v) is 4.64. The zero-order valence-corrected chi connectivity index (χ0v) is 22.7. The maximum absolute atomic E-state index is 13.3. The number of hydrogen-bond donors (Lipinski definition) is 3. The number of rotatable bonds is 12. The predicted octanol–water partition coefficient (Wildman–Crippen LogP) is 3.75. The number of likely N-dealkylation sites (tertiary alicyclic amines) is 1. The largest absolute Gasteiger partial charge is 0.480 e. The Morgan fingerprint density at radius 1 is 1.00 bits per heavy atom. The van der Waals surface area contributed by atoms with Crippen LogP contribution in [0.5, 0.6) is 0 Å². The summed E-state index contributed by atoms with van der Waals surface area (Å²) in [6.07, 6.45) is 2.19. The summed E-state index contributed by atoms with van der Waals surface area (Å²) in [5, 5.41) is 14.5. The SMILES string of the molecule is CN(C(=O)Cc1ccc(Cl)c(Cl)c1)[C@@H](CN1CCCC1)c1cccc(NC(=O)CCC(=O)NCC(=O)O)c1. The second-order valence-corrected chi connectivity index (χ2v) is 10.1. The molecule has 2 aromatic carbocycles. The predicted molar refractivity (Wildman–Crippen MR) is 146 cm³/mol. The molecule has 1 atom stereocenters. The number of carbonyl (C=O) groups is 4. The maximum atomic E-state index is 13.3. The molecule has 2 aromatic rings. The lowest BCUT2D eigenvalue weighted by Gasteiger charge is -2.32. The van der Waals surface area contributed by atoms with Gasteiger partial charge in [0.2, 0.25) is 17.7 Å². The van der Waals surface area contributed by atoms with Crippen LogP contribution in [0.15, 0.2) is 42.5 Å². The van der Waals surface area contributed by atoms with Crippen molar-refractivity contribution >= 4 is 52.6 Å². The summed E-state index contributed by atoms with van der Waals surface area (Å²) in [6, 6.07) is 12.2. The molecule has 3 N–H and O–H groups in total. The fraction of sp³-hybridized carbons (Fsp3) is 0.407. The van der Waals surface area contributed by atoms with Gasteiger partial charge in [-0.05, 0) is 61.3 Å². The van der Waals surface area contributed by atoms with Crippen LogP contribution in [0.4, 0.5) is 5.69 Å². The molecule has 1 aliphatic rings. The molecule has 1 saturated heterocycles. The van der Waals surface area contributed by atoms with E-state index in [-0.39, 0.29) is 37.1 Å². The van der Waals surface area contributed by atoms with Crippen LogP contribution in [0.25, 0.3) is 0 Å². The molecular weight excluding hydrogens is 531 g/mol. The normalized spacial score (nSPS) is 14.1. The van der Waals surface area contributed by atoms with Crippen LogP contribution >= 0.6 is 23.2 Å². The molecule has 0 bridgehead atoms. The van der Waals surface area contributed by atoms with E-state index in [9.17, 15) is 19.2 Å². The minimum absolute atomic E-state index is 0.0746. The van der Waals surface area contributed by atoms with Gasteiger partial charge in [-0.1, -0.05) is 41.4 Å². The summed E-state index contributed by atoms with van der Waals surface area (Å²) in [5.74, 6) is -2.10. The molecule has 9 nitrogen and oxygen atoms in total. The van der Waals surface area contributed by atoms with E-state index in [2.05, 4.69) is 15.5 Å². The Morgan fingerprint density at radius 2 is 1.71 bits per heavy atom. The molecule has 3 rings (SSSR count). The third kappa shape index (κ3) is 9.01. The number of nitrogens with one attached hydrogen (secondary N) is 2. The van der Waals surface area contributed by atoms with E-state index < -0.39 is 18.4 Å². The van der Waals surface area contributed by atoms with E-state index in [0.717, 1.165) is 37.1 Å². The number of carboxylic acid groups (broad SMARTS) is 1. The molecule has 38 heavy (non-hydrogen) atoms. The van der Waals surface area contributed by atoms with Gasteiger partial charge in [-0.25, -0.2) is 0 Å². The lowest BCUT2D eigenvalue weighted by molar-refractivity contribution is -0.138. The van der Waals surface area contributed by atoms with Gasteiger partial charge in [-0.3, -0.25) is 19.2 Å². The first kappa shape index (κ1) is 29.4. The van der Waals surface area contributed by atoms with Crippen molar-refractivity contribution in [2.24, 2.45) is 0 Å². The van der Waals surface area contributed by atoms with Crippen LogP contribution in [0.1, 0.15) is 42.9 Å². The number of likely N-dealkylation sites (N-methyl/N-ethyl adjacent to an activating group) is 1. The standard InChI is InChI=1S/C27H32Cl2N4O5/c1-32(26(36)14-18-7-8-21(28)22(29)13-18)23(17-33-11-2-3-12-33)19-5-4-6-20(15-19)31-25(35)10-9-24(34)30-16-27(37)38/h4-8,13,15,23H,2-3,9-12,14,16-17H2,1H3,(H,30,34)(H,31,35)(H,37,38)/t23-/m0/s1. The molecule has 0 aromatic heterocycles. The van der Waals surface area contributed by atoms with Crippen molar-refractivity contribution in [1.82, 2.24) is 15.1 Å². The van der Waals surface area contributed by atoms with Crippen molar-refractivity contribution in [1.29, 1.82) is 0 Å². The Balaban J connectivity index is 1.70. The highest BCUT2D eigenvalue weighted by Gasteiger charge is 2.26. The molecule has 0 radical (unpaired) electrons. The smallest absolute Gasteiger partial charge is 0.322 e. The first-order valence-corrected chi connectivity index (χ1v) is 13.2. The Kier molecular flexibility index (Phi) is 10.9. The number of hydrogen-bond acceptors (Lipinski definition) is 5. The van der Waals surface area contributed by atoms with Crippen LogP contribution in [0.2, 0.25) is 10.0 Å². The number of aliphatic carboxylic acids is 1. The minimum Gasteiger partial charge on any atom is -0.480 e. The van der Waals surface area contributed by atoms with Crippen molar-refractivity contribution in [2.45, 2.75) is 38.1 Å². The van der Waals surface area contributed by atoms with Crippen molar-refractivity contribution in [2.75, 3.05) is 38.5 Å². The highest BCUT2D eigenvalue weighted by Crippen LogP contribution is 2.27. The Labute approximate surface area is 232 Å². The van der Waals surface area contributed by atoms with E-state index in [1.807, 2.05) is 18.2 Å². The van der Waals surface area contributed by atoms with Gasteiger partial charge in [0.1, 0.15) is 6.54 Å². The molecule has 3 amide bonds. The van der Waals surface area contributed by atoms with Gasteiger partial charge >= 0.3 is 5.97 Å². The third-order valence-electron chi connectivity index (χ3n) is 6.40. The minimum atomic E-state index is -1.15. The first-order valence-electron chi connectivity index (χ1n) is 12.4. The van der Waals surface area contributed by atoms with Crippen molar-refractivity contribution in [3.8, 4) is 0 Å². The van der Waals surface area contributed by atoms with Crippen LogP contribution in [-0.4, -0.2) is 71.8 Å². The number of carboxylic acids is 1. The quantitative estimate of drug-likeness (QED) is 0.362. The fourth-order valence-electron chi connectivity index (χ4n) is 4.32. The molecule has 0 saturated carbocycles. The highest BCUT2D eigenvalue weighted by molar-refractivity contribution is 6.42. The monoisotopic (exact) mass is 562 g/mol. The summed E-state index contributed by atoms with van der Waals surface area (Å²) in [6.45, 7) is 2.10. The number of benzene rings is 2. The van der Waals surface area contributed by atoms with E-state index in [1.165, 1.54) is 0 Å². The van der Waals surface area contributed by atoms with Crippen LogP contribution in [0.3, 0.4) is 0 Å². The van der Waals surface area contributed by atoms with E-state index in [0.29, 0.717) is 22.3 Å². The molecule has 11 heteroatoms. The first-order chi connectivity index (χ1) is 18.1. The average Bonchev–Trinajstić information content (AvgIpc) is 3.40. The molecule has 0 aliphatic carbocycles.